The van der Waals surface area contributed by atoms with Gasteiger partial charge in [0, 0.05) is 31.1 Å². The van der Waals surface area contributed by atoms with Gasteiger partial charge in [-0.3, -0.25) is 19.7 Å². The standard InChI is InChI=1S/C27H36N8O3/c1-7-37-26-19-8-9-21-20-12-22(28-13-23(20)30-29-21)25-18(5)31-33(6)27(25)38-15-17(4)34(16(2)3)14-24(19)35(32-26)10-11-36/h8-9,12-13,16-17,36H,7,10-11,14-15H2,1-6H3,(H,29,30)/b9-8+/t17-/m0/s1. The Bertz CT molecular complexity index is 1460. The van der Waals surface area contributed by atoms with Crippen LogP contribution in [0.5, 0.6) is 11.8 Å². The van der Waals surface area contributed by atoms with Crippen molar-refractivity contribution in [3.8, 4) is 23.0 Å². The molecule has 0 aromatic carbocycles. The summed E-state index contributed by atoms with van der Waals surface area (Å²) in [7, 11) is 1.89. The molecule has 0 spiro atoms. The van der Waals surface area contributed by atoms with Gasteiger partial charge in [0.2, 0.25) is 11.8 Å². The second-order valence-corrected chi connectivity index (χ2v) is 9.92. The lowest BCUT2D eigenvalue weighted by molar-refractivity contribution is 0.102. The number of aryl methyl sites for hydroxylation is 2. The first-order valence-electron chi connectivity index (χ1n) is 13.1. The SMILES string of the molecule is CCOc1nn(CCO)c2c1/C=C/c1n[nH]c3cnc(cc13)-c1c(C)nn(C)c1OC[C@H](C)N(C(C)C)C2. The molecule has 0 saturated carbocycles. The van der Waals surface area contributed by atoms with Crippen LogP contribution in [0.2, 0.25) is 0 Å². The molecule has 4 aromatic heterocycles. The Morgan fingerprint density at radius 3 is 2.82 bits per heavy atom. The molecule has 0 unspecified atom stereocenters. The number of aromatic nitrogens is 7. The van der Waals surface area contributed by atoms with Gasteiger partial charge in [-0.15, -0.1) is 5.10 Å². The molecule has 2 bridgehead atoms. The maximum Gasteiger partial charge on any atom is 0.240 e. The Morgan fingerprint density at radius 1 is 1.26 bits per heavy atom. The second-order valence-electron chi connectivity index (χ2n) is 9.92. The molecular weight excluding hydrogens is 484 g/mol. The molecule has 2 N–H and O–H groups in total. The van der Waals surface area contributed by atoms with Gasteiger partial charge in [-0.25, -0.2) is 4.68 Å². The van der Waals surface area contributed by atoms with Crippen molar-refractivity contribution in [3.05, 3.63) is 34.9 Å². The van der Waals surface area contributed by atoms with E-state index in [1.165, 1.54) is 0 Å². The maximum absolute atomic E-state index is 9.79. The van der Waals surface area contributed by atoms with E-state index in [0.717, 1.165) is 44.8 Å². The average Bonchev–Trinajstić information content (AvgIpc) is 3.51. The zero-order chi connectivity index (χ0) is 27.0. The van der Waals surface area contributed by atoms with E-state index in [4.69, 9.17) is 19.6 Å². The largest absolute Gasteiger partial charge is 0.476 e. The predicted molar refractivity (Wildman–Crippen MR) is 146 cm³/mol. The number of pyridine rings is 1. The lowest BCUT2D eigenvalue weighted by Crippen LogP contribution is -2.42. The number of aromatic amines is 1. The van der Waals surface area contributed by atoms with Crippen molar-refractivity contribution < 1.29 is 14.6 Å². The van der Waals surface area contributed by atoms with Crippen molar-refractivity contribution in [2.75, 3.05) is 19.8 Å². The van der Waals surface area contributed by atoms with Crippen LogP contribution in [0, 0.1) is 6.92 Å². The Morgan fingerprint density at radius 2 is 2.08 bits per heavy atom. The molecule has 0 radical (unpaired) electrons. The minimum Gasteiger partial charge on any atom is -0.476 e. The van der Waals surface area contributed by atoms with Gasteiger partial charge in [0.25, 0.3) is 0 Å². The highest BCUT2D eigenvalue weighted by atomic mass is 16.5. The number of hydrogen-bond acceptors (Lipinski definition) is 8. The fraction of sp³-hybridized carbons (Fsp3) is 0.481. The van der Waals surface area contributed by atoms with Crippen LogP contribution in [0.15, 0.2) is 12.3 Å². The number of fused-ring (bicyclic) bond motifs is 4. The number of ether oxygens (including phenoxy) is 2. The normalized spacial score (nSPS) is 17.2. The molecule has 0 amide bonds. The number of H-pyrrole nitrogens is 1. The van der Waals surface area contributed by atoms with Gasteiger partial charge < -0.3 is 14.6 Å². The summed E-state index contributed by atoms with van der Waals surface area (Å²) in [6, 6.07) is 2.32. The fourth-order valence-electron chi connectivity index (χ4n) is 5.12. The third-order valence-corrected chi connectivity index (χ3v) is 6.99. The first-order chi connectivity index (χ1) is 18.3. The Hall–Kier alpha value is -3.70. The van der Waals surface area contributed by atoms with E-state index in [1.54, 1.807) is 10.9 Å². The van der Waals surface area contributed by atoms with E-state index in [9.17, 15) is 5.11 Å². The monoisotopic (exact) mass is 520 g/mol. The molecule has 1 aliphatic heterocycles. The van der Waals surface area contributed by atoms with Gasteiger partial charge in [-0.2, -0.15) is 10.2 Å². The molecule has 4 aromatic rings. The first kappa shape index (κ1) is 25.9. The van der Waals surface area contributed by atoms with Gasteiger partial charge in [-0.05, 0) is 52.8 Å². The fourth-order valence-corrected chi connectivity index (χ4v) is 5.12. The quantitative estimate of drug-likeness (QED) is 0.411. The van der Waals surface area contributed by atoms with Crippen LogP contribution >= 0.6 is 0 Å². The molecule has 0 saturated heterocycles. The van der Waals surface area contributed by atoms with Gasteiger partial charge in [0.15, 0.2) is 0 Å². The summed E-state index contributed by atoms with van der Waals surface area (Å²) in [6.45, 7) is 12.3. The summed E-state index contributed by atoms with van der Waals surface area (Å²) in [5, 5.41) is 27.7. The Balaban J connectivity index is 1.73. The second kappa shape index (κ2) is 10.6. The molecule has 1 aliphatic rings. The molecular formula is C27H36N8O3. The van der Waals surface area contributed by atoms with Gasteiger partial charge in [-0.1, -0.05) is 0 Å². The lowest BCUT2D eigenvalue weighted by Gasteiger charge is -2.33. The van der Waals surface area contributed by atoms with Gasteiger partial charge >= 0.3 is 0 Å². The van der Waals surface area contributed by atoms with E-state index in [0.29, 0.717) is 38.1 Å². The smallest absolute Gasteiger partial charge is 0.240 e. The number of rotatable bonds is 5. The summed E-state index contributed by atoms with van der Waals surface area (Å²) in [6.07, 6.45) is 5.78. The summed E-state index contributed by atoms with van der Waals surface area (Å²) >= 11 is 0. The van der Waals surface area contributed by atoms with E-state index < -0.39 is 0 Å². The summed E-state index contributed by atoms with van der Waals surface area (Å²) < 4.78 is 16.0. The topological polar surface area (TPSA) is 119 Å². The molecule has 11 heteroatoms. The molecule has 0 aliphatic carbocycles. The number of aliphatic hydroxyl groups excluding tert-OH is 1. The molecule has 38 heavy (non-hydrogen) atoms. The molecule has 5 rings (SSSR count). The van der Waals surface area contributed by atoms with Crippen LogP contribution in [0.1, 0.15) is 50.3 Å². The van der Waals surface area contributed by atoms with Crippen LogP contribution in [0.4, 0.5) is 0 Å². The van der Waals surface area contributed by atoms with Crippen LogP contribution in [-0.4, -0.2) is 76.7 Å². The third-order valence-electron chi connectivity index (χ3n) is 6.99. The van der Waals surface area contributed by atoms with Crippen molar-refractivity contribution in [2.24, 2.45) is 7.05 Å². The summed E-state index contributed by atoms with van der Waals surface area (Å²) in [5.74, 6) is 1.23. The Kier molecular flexibility index (Phi) is 7.22. The predicted octanol–water partition coefficient (Wildman–Crippen LogP) is 3.42. The van der Waals surface area contributed by atoms with Crippen molar-refractivity contribution in [3.63, 3.8) is 0 Å². The summed E-state index contributed by atoms with van der Waals surface area (Å²) in [5.41, 5.74) is 5.97. The number of hydrogen-bond donors (Lipinski definition) is 2. The molecule has 5 heterocycles. The van der Waals surface area contributed by atoms with Crippen molar-refractivity contribution in [2.45, 2.75) is 59.8 Å². The number of nitrogens with one attached hydrogen (secondary N) is 1. The van der Waals surface area contributed by atoms with Gasteiger partial charge in [0.05, 0.1) is 65.4 Å². The van der Waals surface area contributed by atoms with Crippen LogP contribution in [-0.2, 0) is 20.1 Å². The van der Waals surface area contributed by atoms with E-state index >= 15 is 0 Å². The van der Waals surface area contributed by atoms with Crippen molar-refractivity contribution in [1.82, 2.24) is 39.6 Å². The minimum atomic E-state index is -0.0217. The van der Waals surface area contributed by atoms with E-state index in [-0.39, 0.29) is 18.7 Å². The van der Waals surface area contributed by atoms with E-state index in [1.807, 2.05) is 43.8 Å². The maximum atomic E-state index is 9.79. The Labute approximate surface area is 222 Å². The van der Waals surface area contributed by atoms with Crippen LogP contribution in [0.25, 0.3) is 34.3 Å². The molecule has 11 nitrogen and oxygen atoms in total. The molecule has 1 atom stereocenters. The lowest BCUT2D eigenvalue weighted by atomic mass is 10.1. The number of aliphatic hydroxyl groups is 1. The zero-order valence-corrected chi connectivity index (χ0v) is 22.9. The average molecular weight is 521 g/mol. The molecule has 0 fully saturated rings. The summed E-state index contributed by atoms with van der Waals surface area (Å²) in [4.78, 5) is 7.08. The number of nitrogens with zero attached hydrogens (tertiary/aromatic N) is 7. The third kappa shape index (κ3) is 4.67. The van der Waals surface area contributed by atoms with Crippen molar-refractivity contribution in [1.29, 1.82) is 0 Å². The first-order valence-corrected chi connectivity index (χ1v) is 13.1. The molecule has 202 valence electrons. The van der Waals surface area contributed by atoms with Crippen LogP contribution < -0.4 is 9.47 Å². The van der Waals surface area contributed by atoms with E-state index in [2.05, 4.69) is 41.0 Å². The highest BCUT2D eigenvalue weighted by molar-refractivity contribution is 5.92. The highest BCUT2D eigenvalue weighted by Gasteiger charge is 2.26. The van der Waals surface area contributed by atoms with Crippen molar-refractivity contribution >= 4 is 23.1 Å². The van der Waals surface area contributed by atoms with Crippen LogP contribution in [0.3, 0.4) is 0 Å². The minimum absolute atomic E-state index is 0.0217. The van der Waals surface area contributed by atoms with Gasteiger partial charge in [0.1, 0.15) is 6.61 Å². The zero-order valence-electron chi connectivity index (χ0n) is 22.9. The highest BCUT2D eigenvalue weighted by Crippen LogP contribution is 2.35.